The van der Waals surface area contributed by atoms with Gasteiger partial charge in [-0.3, -0.25) is 4.79 Å². The zero-order valence-electron chi connectivity index (χ0n) is 11.6. The Labute approximate surface area is 119 Å². The van der Waals surface area contributed by atoms with E-state index in [0.29, 0.717) is 18.8 Å². The summed E-state index contributed by atoms with van der Waals surface area (Å²) in [4.78, 5) is 11.8. The molecule has 2 atom stereocenters. The van der Waals surface area contributed by atoms with Gasteiger partial charge >= 0.3 is 0 Å². The number of benzene rings is 1. The van der Waals surface area contributed by atoms with Gasteiger partial charge in [-0.15, -0.1) is 0 Å². The largest absolute Gasteiger partial charge is 0.466 e. The van der Waals surface area contributed by atoms with Crippen molar-refractivity contribution in [2.75, 3.05) is 5.32 Å². The molecule has 2 aromatic rings. The van der Waals surface area contributed by atoms with E-state index < -0.39 is 0 Å². The Hall–Kier alpha value is -2.03. The highest BCUT2D eigenvalue weighted by Gasteiger charge is 2.36. The molecule has 0 spiro atoms. The Morgan fingerprint density at radius 2 is 2.00 bits per heavy atom. The van der Waals surface area contributed by atoms with Crippen molar-refractivity contribution in [3.8, 4) is 0 Å². The van der Waals surface area contributed by atoms with Gasteiger partial charge in [-0.1, -0.05) is 25.1 Å². The van der Waals surface area contributed by atoms with Crippen molar-refractivity contribution in [3.05, 3.63) is 54.0 Å². The van der Waals surface area contributed by atoms with Crippen LogP contribution in [-0.2, 0) is 11.2 Å². The number of para-hydroxylation sites is 1. The molecule has 20 heavy (non-hydrogen) atoms. The van der Waals surface area contributed by atoms with Crippen LogP contribution >= 0.6 is 0 Å². The van der Waals surface area contributed by atoms with E-state index in [4.69, 9.17) is 4.42 Å². The summed E-state index contributed by atoms with van der Waals surface area (Å²) in [6.45, 7) is 2.24. The summed E-state index contributed by atoms with van der Waals surface area (Å²) in [6.07, 6.45) is 2.32. The van der Waals surface area contributed by atoms with Gasteiger partial charge in [0, 0.05) is 24.4 Å². The van der Waals surface area contributed by atoms with Crippen LogP contribution in [0, 0.1) is 5.92 Å². The number of furan rings is 1. The van der Waals surface area contributed by atoms with Gasteiger partial charge in [0.1, 0.15) is 11.5 Å². The molecule has 3 rings (SSSR count). The average molecular weight is 269 g/mol. The molecule has 0 aliphatic heterocycles. The first-order valence-electron chi connectivity index (χ1n) is 7.16. The highest BCUT2D eigenvalue weighted by Crippen LogP contribution is 2.47. The third-order valence-corrected chi connectivity index (χ3v) is 3.81. The third kappa shape index (κ3) is 3.10. The van der Waals surface area contributed by atoms with Gasteiger partial charge < -0.3 is 9.73 Å². The molecule has 1 amide bonds. The number of nitrogens with one attached hydrogen (secondary N) is 1. The van der Waals surface area contributed by atoms with Gasteiger partial charge in [-0.05, 0) is 36.6 Å². The first-order chi connectivity index (χ1) is 9.72. The summed E-state index contributed by atoms with van der Waals surface area (Å²) >= 11 is 0. The Morgan fingerprint density at radius 3 is 2.70 bits per heavy atom. The molecule has 1 aliphatic carbocycles. The van der Waals surface area contributed by atoms with Crippen molar-refractivity contribution in [1.82, 2.24) is 0 Å². The Bertz CT molecular complexity index is 588. The molecule has 3 heteroatoms. The van der Waals surface area contributed by atoms with Crippen LogP contribution in [-0.4, -0.2) is 5.91 Å². The van der Waals surface area contributed by atoms with E-state index in [1.807, 2.05) is 36.4 Å². The Balaban J connectivity index is 1.49. The van der Waals surface area contributed by atoms with Gasteiger partial charge in [-0.25, -0.2) is 0 Å². The van der Waals surface area contributed by atoms with Crippen LogP contribution in [0.2, 0.25) is 0 Å². The number of aryl methyl sites for hydroxylation is 1. The van der Waals surface area contributed by atoms with Crippen molar-refractivity contribution in [2.24, 2.45) is 5.92 Å². The number of carbonyl (C=O) groups is 1. The van der Waals surface area contributed by atoms with Crippen LogP contribution in [0.5, 0.6) is 0 Å². The molecule has 104 valence electrons. The van der Waals surface area contributed by atoms with E-state index >= 15 is 0 Å². The Kier molecular flexibility index (Phi) is 3.59. The van der Waals surface area contributed by atoms with Crippen molar-refractivity contribution in [3.63, 3.8) is 0 Å². The van der Waals surface area contributed by atoms with Gasteiger partial charge in [0.25, 0.3) is 0 Å². The second-order valence-corrected chi connectivity index (χ2v) is 5.54. The molecule has 0 saturated heterocycles. The molecule has 0 bridgehead atoms. The minimum atomic E-state index is 0.0222. The Morgan fingerprint density at radius 1 is 1.25 bits per heavy atom. The fourth-order valence-electron chi connectivity index (χ4n) is 2.43. The van der Waals surface area contributed by atoms with Crippen LogP contribution in [0.3, 0.4) is 0 Å². The first-order valence-corrected chi connectivity index (χ1v) is 7.16. The zero-order valence-corrected chi connectivity index (χ0v) is 11.6. The lowest BCUT2D eigenvalue weighted by atomic mass is 10.2. The molecule has 1 aromatic carbocycles. The number of carbonyl (C=O) groups excluding carboxylic acids is 1. The summed E-state index contributed by atoms with van der Waals surface area (Å²) in [7, 11) is 0. The molecule has 0 radical (unpaired) electrons. The summed E-state index contributed by atoms with van der Waals surface area (Å²) in [5.74, 6) is 3.35. The van der Waals surface area contributed by atoms with Gasteiger partial charge in [0.15, 0.2) is 0 Å². The maximum Gasteiger partial charge on any atom is 0.224 e. The second-order valence-electron chi connectivity index (χ2n) is 5.54. The van der Waals surface area contributed by atoms with Crippen LogP contribution in [0.1, 0.15) is 37.2 Å². The predicted octanol–water partition coefficient (Wildman–Crippen LogP) is 3.97. The van der Waals surface area contributed by atoms with E-state index in [1.165, 1.54) is 6.42 Å². The normalized spacial score (nSPS) is 20.6. The maximum atomic E-state index is 11.8. The standard InChI is InChI=1S/C17H19NO2/c1-12-11-15(12)16-9-7-14(20-16)8-10-17(19)18-13-5-3-2-4-6-13/h2-7,9,12,15H,8,10-11H2,1H3,(H,18,19). The number of hydrogen-bond donors (Lipinski definition) is 1. The average Bonchev–Trinajstić information content (AvgIpc) is 3.01. The van der Waals surface area contributed by atoms with E-state index in [0.717, 1.165) is 23.1 Å². The van der Waals surface area contributed by atoms with E-state index in [2.05, 4.69) is 18.3 Å². The molecule has 1 saturated carbocycles. The van der Waals surface area contributed by atoms with Gasteiger partial charge in [0.2, 0.25) is 5.91 Å². The van der Waals surface area contributed by atoms with Crippen LogP contribution < -0.4 is 5.32 Å². The number of amides is 1. The monoisotopic (exact) mass is 269 g/mol. The second kappa shape index (κ2) is 5.53. The molecule has 3 nitrogen and oxygen atoms in total. The van der Waals surface area contributed by atoms with Crippen molar-refractivity contribution < 1.29 is 9.21 Å². The molecule has 1 heterocycles. The van der Waals surface area contributed by atoms with Crippen LogP contribution in [0.15, 0.2) is 46.9 Å². The number of anilines is 1. The molecule has 1 aromatic heterocycles. The lowest BCUT2D eigenvalue weighted by molar-refractivity contribution is -0.116. The molecular weight excluding hydrogens is 250 g/mol. The van der Waals surface area contributed by atoms with Gasteiger partial charge in [-0.2, -0.15) is 0 Å². The predicted molar refractivity (Wildman–Crippen MR) is 78.6 cm³/mol. The lowest BCUT2D eigenvalue weighted by Crippen LogP contribution is -2.11. The highest BCUT2D eigenvalue weighted by atomic mass is 16.3. The third-order valence-electron chi connectivity index (χ3n) is 3.81. The first kappa shape index (κ1) is 13.0. The molecule has 1 aliphatic rings. The van der Waals surface area contributed by atoms with Crippen LogP contribution in [0.4, 0.5) is 5.69 Å². The summed E-state index contributed by atoms with van der Waals surface area (Å²) < 4.78 is 5.80. The molecule has 1 fully saturated rings. The number of hydrogen-bond acceptors (Lipinski definition) is 2. The number of rotatable bonds is 5. The molecular formula is C17H19NO2. The minimum absolute atomic E-state index is 0.0222. The summed E-state index contributed by atoms with van der Waals surface area (Å²) in [6, 6.07) is 13.6. The highest BCUT2D eigenvalue weighted by molar-refractivity contribution is 5.90. The van der Waals surface area contributed by atoms with E-state index in [9.17, 15) is 4.79 Å². The van der Waals surface area contributed by atoms with Crippen molar-refractivity contribution >= 4 is 11.6 Å². The zero-order chi connectivity index (χ0) is 13.9. The smallest absolute Gasteiger partial charge is 0.224 e. The van der Waals surface area contributed by atoms with E-state index in [1.54, 1.807) is 0 Å². The van der Waals surface area contributed by atoms with Crippen molar-refractivity contribution in [2.45, 2.75) is 32.1 Å². The topological polar surface area (TPSA) is 42.2 Å². The van der Waals surface area contributed by atoms with E-state index in [-0.39, 0.29) is 5.91 Å². The fraction of sp³-hybridized carbons (Fsp3) is 0.353. The maximum absolute atomic E-state index is 11.8. The quantitative estimate of drug-likeness (QED) is 0.892. The van der Waals surface area contributed by atoms with Gasteiger partial charge in [0.05, 0.1) is 0 Å². The molecule has 1 N–H and O–H groups in total. The van der Waals surface area contributed by atoms with Crippen LogP contribution in [0.25, 0.3) is 0 Å². The van der Waals surface area contributed by atoms with Crippen molar-refractivity contribution in [1.29, 1.82) is 0 Å². The summed E-state index contributed by atoms with van der Waals surface area (Å²) in [5.41, 5.74) is 0.837. The summed E-state index contributed by atoms with van der Waals surface area (Å²) in [5, 5.41) is 2.88. The SMILES string of the molecule is CC1CC1c1ccc(CCC(=O)Nc2ccccc2)o1. The molecule has 2 unspecified atom stereocenters. The minimum Gasteiger partial charge on any atom is -0.466 e. The lowest BCUT2D eigenvalue weighted by Gasteiger charge is -2.03. The fourth-order valence-corrected chi connectivity index (χ4v) is 2.43.